The average Bonchev–Trinajstić information content (AvgIpc) is 2.94. The number of rotatable bonds is 4. The summed E-state index contributed by atoms with van der Waals surface area (Å²) in [5.74, 6) is 0. The second kappa shape index (κ2) is 5.79. The van der Waals surface area contributed by atoms with E-state index >= 15 is 0 Å². The van der Waals surface area contributed by atoms with Crippen molar-refractivity contribution in [2.45, 2.75) is 43.4 Å². The molecule has 0 aromatic heterocycles. The fourth-order valence-electron chi connectivity index (χ4n) is 3.32. The Bertz CT molecular complexity index is 441. The summed E-state index contributed by atoms with van der Waals surface area (Å²) in [6, 6.07) is 9.26. The van der Waals surface area contributed by atoms with Crippen molar-refractivity contribution >= 4 is 0 Å². The van der Waals surface area contributed by atoms with E-state index in [1.807, 2.05) is 35.2 Å². The third-order valence-corrected chi connectivity index (χ3v) is 4.38. The molecule has 0 saturated carbocycles. The highest BCUT2D eigenvalue weighted by Crippen LogP contribution is 2.33. The lowest BCUT2D eigenvalue weighted by molar-refractivity contribution is -0.0103. The van der Waals surface area contributed by atoms with Gasteiger partial charge >= 0.3 is 0 Å². The van der Waals surface area contributed by atoms with Crippen LogP contribution in [0.15, 0.2) is 30.3 Å². The molecular formula is C15H21NO4. The normalized spacial score (nSPS) is 37.2. The van der Waals surface area contributed by atoms with E-state index in [2.05, 4.69) is 0 Å². The number of hydrogen-bond donors (Lipinski definition) is 3. The molecule has 3 N–H and O–H groups in total. The van der Waals surface area contributed by atoms with Crippen LogP contribution in [0, 0.1) is 0 Å². The molecule has 0 bridgehead atoms. The number of aliphatic hydroxyl groups excluding tert-OH is 3. The van der Waals surface area contributed by atoms with Crippen LogP contribution in [-0.2, 0) is 11.3 Å². The van der Waals surface area contributed by atoms with E-state index in [4.69, 9.17) is 4.74 Å². The number of aliphatic hydroxyl groups is 3. The maximum Gasteiger partial charge on any atom is 0.0995 e. The van der Waals surface area contributed by atoms with Gasteiger partial charge in [0.05, 0.1) is 43.6 Å². The molecule has 0 amide bonds. The first-order chi connectivity index (χ1) is 9.68. The van der Waals surface area contributed by atoms with Crippen LogP contribution in [0.25, 0.3) is 0 Å². The molecule has 110 valence electrons. The minimum Gasteiger partial charge on any atom is -0.391 e. The Labute approximate surface area is 118 Å². The van der Waals surface area contributed by atoms with E-state index < -0.39 is 18.3 Å². The summed E-state index contributed by atoms with van der Waals surface area (Å²) in [5, 5.41) is 30.0. The van der Waals surface area contributed by atoms with Crippen LogP contribution in [0.4, 0.5) is 0 Å². The van der Waals surface area contributed by atoms with Crippen molar-refractivity contribution < 1.29 is 20.1 Å². The standard InChI is InChI=1S/C15H21NO4/c17-12-6-7-16-11(14(18)15(19)13(12)16)9-20-8-10-4-2-1-3-5-10/h1-5,11-15,17-19H,6-9H2/t11-,12-,13-,14-,15-/m1/s1. The molecule has 0 spiro atoms. The molecule has 2 heterocycles. The van der Waals surface area contributed by atoms with Gasteiger partial charge in [0.1, 0.15) is 0 Å². The first-order valence-corrected chi connectivity index (χ1v) is 7.10. The van der Waals surface area contributed by atoms with Gasteiger partial charge < -0.3 is 20.1 Å². The van der Waals surface area contributed by atoms with Crippen LogP contribution in [0.3, 0.4) is 0 Å². The largest absolute Gasteiger partial charge is 0.391 e. The number of nitrogens with zero attached hydrogens (tertiary/aromatic N) is 1. The van der Waals surface area contributed by atoms with Gasteiger partial charge in [-0.25, -0.2) is 0 Å². The summed E-state index contributed by atoms with van der Waals surface area (Å²) in [5.41, 5.74) is 1.08. The van der Waals surface area contributed by atoms with Gasteiger partial charge in [-0.2, -0.15) is 0 Å². The predicted octanol–water partition coefficient (Wildman–Crippen LogP) is -0.258. The Morgan fingerprint density at radius 3 is 2.60 bits per heavy atom. The first-order valence-electron chi connectivity index (χ1n) is 7.10. The van der Waals surface area contributed by atoms with Crippen LogP contribution in [0.5, 0.6) is 0 Å². The van der Waals surface area contributed by atoms with Gasteiger partial charge in [0.2, 0.25) is 0 Å². The molecule has 5 heteroatoms. The fraction of sp³-hybridized carbons (Fsp3) is 0.600. The molecule has 2 saturated heterocycles. The van der Waals surface area contributed by atoms with Crippen LogP contribution >= 0.6 is 0 Å². The number of benzene rings is 1. The van der Waals surface area contributed by atoms with Gasteiger partial charge in [-0.05, 0) is 12.0 Å². The lowest BCUT2D eigenvalue weighted by Crippen LogP contribution is -2.40. The molecule has 1 aromatic carbocycles. The van der Waals surface area contributed by atoms with Gasteiger partial charge in [0.15, 0.2) is 0 Å². The maximum absolute atomic E-state index is 10.1. The van der Waals surface area contributed by atoms with Crippen LogP contribution < -0.4 is 0 Å². The molecule has 0 aliphatic carbocycles. The van der Waals surface area contributed by atoms with Gasteiger partial charge in [0.25, 0.3) is 0 Å². The summed E-state index contributed by atoms with van der Waals surface area (Å²) >= 11 is 0. The Balaban J connectivity index is 1.57. The van der Waals surface area contributed by atoms with Crippen molar-refractivity contribution in [3.8, 4) is 0 Å². The Kier molecular flexibility index (Phi) is 4.05. The molecule has 2 aliphatic heterocycles. The quantitative estimate of drug-likeness (QED) is 0.708. The zero-order chi connectivity index (χ0) is 14.1. The molecule has 1 aromatic rings. The molecule has 2 aliphatic rings. The van der Waals surface area contributed by atoms with E-state index in [1.54, 1.807) is 0 Å². The lowest BCUT2D eigenvalue weighted by atomic mass is 10.0. The average molecular weight is 279 g/mol. The van der Waals surface area contributed by atoms with Gasteiger partial charge in [-0.1, -0.05) is 30.3 Å². The lowest BCUT2D eigenvalue weighted by Gasteiger charge is -2.24. The molecule has 5 atom stereocenters. The van der Waals surface area contributed by atoms with Crippen LogP contribution in [0.2, 0.25) is 0 Å². The number of hydrogen-bond acceptors (Lipinski definition) is 5. The van der Waals surface area contributed by atoms with Gasteiger partial charge in [-0.15, -0.1) is 0 Å². The molecular weight excluding hydrogens is 258 g/mol. The Hall–Kier alpha value is -0.980. The second-order valence-corrected chi connectivity index (χ2v) is 5.63. The number of ether oxygens (including phenoxy) is 1. The summed E-state index contributed by atoms with van der Waals surface area (Å²) in [6.07, 6.45) is -1.66. The van der Waals surface area contributed by atoms with Crippen molar-refractivity contribution in [1.82, 2.24) is 4.90 Å². The topological polar surface area (TPSA) is 73.2 Å². The molecule has 5 nitrogen and oxygen atoms in total. The highest BCUT2D eigenvalue weighted by Gasteiger charge is 2.53. The minimum absolute atomic E-state index is 0.240. The third kappa shape index (κ3) is 2.47. The second-order valence-electron chi connectivity index (χ2n) is 5.63. The third-order valence-electron chi connectivity index (χ3n) is 4.38. The van der Waals surface area contributed by atoms with Gasteiger partial charge in [-0.3, -0.25) is 4.90 Å². The van der Waals surface area contributed by atoms with E-state index in [-0.39, 0.29) is 12.1 Å². The smallest absolute Gasteiger partial charge is 0.0995 e. The van der Waals surface area contributed by atoms with E-state index in [0.29, 0.717) is 26.2 Å². The van der Waals surface area contributed by atoms with Crippen molar-refractivity contribution in [2.24, 2.45) is 0 Å². The van der Waals surface area contributed by atoms with Crippen molar-refractivity contribution in [3.05, 3.63) is 35.9 Å². The molecule has 0 radical (unpaired) electrons. The van der Waals surface area contributed by atoms with E-state index in [1.165, 1.54) is 0 Å². The summed E-state index contributed by atoms with van der Waals surface area (Å²) in [6.45, 7) is 1.54. The van der Waals surface area contributed by atoms with Gasteiger partial charge in [0, 0.05) is 6.54 Å². The summed E-state index contributed by atoms with van der Waals surface area (Å²) in [7, 11) is 0. The zero-order valence-corrected chi connectivity index (χ0v) is 11.3. The first kappa shape index (κ1) is 14.0. The summed E-state index contributed by atoms with van der Waals surface area (Å²) in [4.78, 5) is 1.98. The van der Waals surface area contributed by atoms with Crippen molar-refractivity contribution in [3.63, 3.8) is 0 Å². The van der Waals surface area contributed by atoms with Crippen LogP contribution in [-0.4, -0.2) is 63.8 Å². The summed E-state index contributed by atoms with van der Waals surface area (Å²) < 4.78 is 5.67. The highest BCUT2D eigenvalue weighted by atomic mass is 16.5. The maximum atomic E-state index is 10.1. The predicted molar refractivity (Wildman–Crippen MR) is 73.0 cm³/mol. The highest BCUT2D eigenvalue weighted by molar-refractivity contribution is 5.13. The van der Waals surface area contributed by atoms with Crippen molar-refractivity contribution in [2.75, 3.05) is 13.2 Å². The van der Waals surface area contributed by atoms with Crippen molar-refractivity contribution in [1.29, 1.82) is 0 Å². The van der Waals surface area contributed by atoms with E-state index in [9.17, 15) is 15.3 Å². The fourth-order valence-corrected chi connectivity index (χ4v) is 3.32. The Morgan fingerprint density at radius 2 is 1.85 bits per heavy atom. The zero-order valence-electron chi connectivity index (χ0n) is 11.3. The molecule has 2 fully saturated rings. The minimum atomic E-state index is -0.891. The molecule has 3 rings (SSSR count). The SMILES string of the molecule is O[C@H]1[C@H](O)[C@@H](COCc2ccccc2)N2CC[C@@H](O)[C@H]12. The Morgan fingerprint density at radius 1 is 1.10 bits per heavy atom. The number of fused-ring (bicyclic) bond motifs is 1. The monoisotopic (exact) mass is 279 g/mol. The molecule has 20 heavy (non-hydrogen) atoms. The van der Waals surface area contributed by atoms with E-state index in [0.717, 1.165) is 5.56 Å². The van der Waals surface area contributed by atoms with Crippen LogP contribution in [0.1, 0.15) is 12.0 Å². The molecule has 0 unspecified atom stereocenters.